The second-order valence-electron chi connectivity index (χ2n) is 16.5. The van der Waals surface area contributed by atoms with Crippen LogP contribution in [0.2, 0.25) is 10.0 Å². The van der Waals surface area contributed by atoms with Crippen molar-refractivity contribution in [1.29, 1.82) is 5.41 Å². The summed E-state index contributed by atoms with van der Waals surface area (Å²) in [5.41, 5.74) is 10.9. The molecule has 0 bridgehead atoms. The maximum atomic E-state index is 12.7. The highest BCUT2D eigenvalue weighted by molar-refractivity contribution is 6.35. The first kappa shape index (κ1) is 49.1. The molecule has 5 heterocycles. The summed E-state index contributed by atoms with van der Waals surface area (Å²) >= 11 is 12.5. The number of aldehydes is 3. The Morgan fingerprint density at radius 1 is 0.984 bits per heavy atom. The molecular weight excluding hydrogens is 857 g/mol. The fourth-order valence-corrected chi connectivity index (χ4v) is 8.99. The molecule has 1 unspecified atom stereocenters. The number of pyridine rings is 2. The fourth-order valence-electron chi connectivity index (χ4n) is 8.32. The van der Waals surface area contributed by atoms with Crippen LogP contribution < -0.4 is 25.6 Å². The highest BCUT2D eigenvalue weighted by Gasteiger charge is 2.50. The molecule has 7 rings (SSSR count). The van der Waals surface area contributed by atoms with Crippen molar-refractivity contribution in [2.24, 2.45) is 11.3 Å². The highest BCUT2D eigenvalue weighted by Crippen LogP contribution is 2.40. The standard InChI is InChI=1S/C25H26Cl2N6O.C20H26N2O4.C2H5NO/c1-15(23-19(26)9-30-10-20(23)27)34-17-4-5-21(28)18(7-17)24(29)16-3-6-22(31-8-16)33-13-25(14-33)11-32(2)12-25;1-3-4-18(14-25)21(2)20(26)19-6-5-17(11-16(19)13-24)22-9-7-15(12-23)8-10-22;1-3-2-4/h3-10,15,29H,11-14,28H2,1-2H3;5-6,11-15,18H,3-4,7-10H2,1-2H3;2H,1H3,(H,3,4)/t15-;;/m1../s1. The number of aromatic nitrogens is 2. The minimum Gasteiger partial charge on any atom is -0.486 e. The average Bonchev–Trinajstić information content (AvgIpc) is 3.29. The fraction of sp³-hybridized carbons (Fsp3) is 0.404. The van der Waals surface area contributed by atoms with Crippen molar-refractivity contribution < 1.29 is 28.7 Å². The summed E-state index contributed by atoms with van der Waals surface area (Å²) in [4.78, 5) is 72.2. The number of carbonyl (C=O) groups is 5. The molecule has 2 amide bonds. The van der Waals surface area contributed by atoms with E-state index < -0.39 is 12.1 Å². The molecular formula is C47H57Cl2N9O6. The lowest BCUT2D eigenvalue weighted by molar-refractivity contribution is -0.112. The summed E-state index contributed by atoms with van der Waals surface area (Å²) in [6, 6.07) is 13.9. The maximum absolute atomic E-state index is 12.7. The lowest BCUT2D eigenvalue weighted by Gasteiger charge is -2.59. The number of anilines is 3. The Kier molecular flexibility index (Phi) is 17.4. The molecule has 1 spiro atoms. The van der Waals surface area contributed by atoms with Crippen LogP contribution in [-0.2, 0) is 14.4 Å². The Hall–Kier alpha value is -5.90. The molecule has 3 fully saturated rings. The van der Waals surface area contributed by atoms with Crippen LogP contribution in [-0.4, -0.2) is 123 Å². The van der Waals surface area contributed by atoms with Crippen molar-refractivity contribution in [3.8, 4) is 5.75 Å². The second-order valence-corrected chi connectivity index (χ2v) is 17.3. The van der Waals surface area contributed by atoms with Crippen molar-refractivity contribution in [1.82, 2.24) is 25.1 Å². The number of nitrogens with zero attached hydrogens (tertiary/aromatic N) is 6. The third-order valence-corrected chi connectivity index (χ3v) is 12.3. The summed E-state index contributed by atoms with van der Waals surface area (Å²) in [6.45, 7) is 9.70. The molecule has 4 N–H and O–H groups in total. The predicted molar refractivity (Wildman–Crippen MR) is 251 cm³/mol. The van der Waals surface area contributed by atoms with E-state index in [1.165, 1.54) is 17.3 Å². The van der Waals surface area contributed by atoms with Crippen molar-refractivity contribution in [2.75, 3.05) is 75.9 Å². The Labute approximate surface area is 384 Å². The van der Waals surface area contributed by atoms with Gasteiger partial charge in [0.2, 0.25) is 6.41 Å². The van der Waals surface area contributed by atoms with Gasteiger partial charge < -0.3 is 45.0 Å². The molecule has 3 saturated heterocycles. The molecule has 2 aromatic heterocycles. The van der Waals surface area contributed by atoms with E-state index in [-0.39, 0.29) is 17.5 Å². The van der Waals surface area contributed by atoms with Crippen LogP contribution >= 0.6 is 23.2 Å². The van der Waals surface area contributed by atoms with E-state index in [2.05, 4.69) is 37.0 Å². The topological polar surface area (TPSA) is 195 Å². The number of amides is 2. The zero-order valence-electron chi connectivity index (χ0n) is 36.9. The number of likely N-dealkylation sites (N-methyl/N-ethyl adjacent to an activating group) is 1. The molecule has 0 saturated carbocycles. The summed E-state index contributed by atoms with van der Waals surface area (Å²) in [5.74, 6) is 1.28. The lowest BCUT2D eigenvalue weighted by Crippen LogP contribution is -2.71. The minimum absolute atomic E-state index is 0.102. The van der Waals surface area contributed by atoms with Crippen LogP contribution in [0.1, 0.15) is 83.0 Å². The van der Waals surface area contributed by atoms with Gasteiger partial charge in [-0.15, -0.1) is 0 Å². The molecule has 15 nitrogen and oxygen atoms in total. The summed E-state index contributed by atoms with van der Waals surface area (Å²) in [6.07, 6.45) is 10.4. The van der Waals surface area contributed by atoms with Gasteiger partial charge in [-0.1, -0.05) is 36.5 Å². The number of benzene rings is 2. The molecule has 64 heavy (non-hydrogen) atoms. The van der Waals surface area contributed by atoms with Crippen LogP contribution in [0, 0.1) is 16.7 Å². The monoisotopic (exact) mass is 913 g/mol. The van der Waals surface area contributed by atoms with E-state index in [1.54, 1.807) is 50.6 Å². The number of ether oxygens (including phenoxy) is 1. The van der Waals surface area contributed by atoms with Gasteiger partial charge in [0.1, 0.15) is 30.2 Å². The van der Waals surface area contributed by atoms with Crippen molar-refractivity contribution in [3.63, 3.8) is 0 Å². The van der Waals surface area contributed by atoms with Crippen LogP contribution in [0.5, 0.6) is 5.75 Å². The SMILES string of the molecule is CCCC(C=O)N(C)C(=O)c1ccc(N2CCC(C=O)CC2)cc1C=O.CNC=O.C[C@@H](Oc1ccc(N)c(C(=N)c2ccc(N3CC4(CN(C)C4)C3)nc2)c1)c1c(Cl)cncc1Cl. The van der Waals surface area contributed by atoms with Gasteiger partial charge in [-0.05, 0) is 81.8 Å². The number of rotatable bonds is 15. The number of hydrogen-bond acceptors (Lipinski definition) is 13. The minimum atomic E-state index is -0.492. The zero-order valence-corrected chi connectivity index (χ0v) is 38.4. The van der Waals surface area contributed by atoms with Crippen molar-refractivity contribution in [2.45, 2.75) is 51.7 Å². The van der Waals surface area contributed by atoms with Crippen LogP contribution in [0.15, 0.2) is 67.1 Å². The third kappa shape index (κ3) is 11.8. The van der Waals surface area contributed by atoms with Gasteiger partial charge in [0.25, 0.3) is 5.91 Å². The van der Waals surface area contributed by atoms with Crippen molar-refractivity contribution >= 4 is 77.3 Å². The van der Waals surface area contributed by atoms with Crippen molar-refractivity contribution in [3.05, 3.63) is 105 Å². The van der Waals surface area contributed by atoms with Gasteiger partial charge >= 0.3 is 0 Å². The molecule has 0 aliphatic carbocycles. The molecule has 2 aromatic carbocycles. The smallest absolute Gasteiger partial charge is 0.254 e. The quantitative estimate of drug-likeness (QED) is 0.0677. The number of piperidine rings is 1. The maximum Gasteiger partial charge on any atom is 0.254 e. The Morgan fingerprint density at radius 3 is 2.20 bits per heavy atom. The van der Waals surface area contributed by atoms with Gasteiger partial charge in [-0.2, -0.15) is 0 Å². The Bertz CT molecular complexity index is 2260. The average molecular weight is 915 g/mol. The van der Waals surface area contributed by atoms with Crippen LogP contribution in [0.4, 0.5) is 17.2 Å². The number of halogens is 2. The van der Waals surface area contributed by atoms with Gasteiger partial charge in [-0.3, -0.25) is 24.8 Å². The number of nitrogens with two attached hydrogens (primary N) is 1. The summed E-state index contributed by atoms with van der Waals surface area (Å²) in [5, 5.41) is 11.9. The highest BCUT2D eigenvalue weighted by atomic mass is 35.5. The van der Waals surface area contributed by atoms with Gasteiger partial charge in [-0.25, -0.2) is 4.98 Å². The first-order valence-electron chi connectivity index (χ1n) is 21.2. The number of nitrogen functional groups attached to an aromatic ring is 1. The molecule has 0 radical (unpaired) electrons. The van der Waals surface area contributed by atoms with Crippen LogP contribution in [0.3, 0.4) is 0 Å². The molecule has 2 atom stereocenters. The lowest BCUT2D eigenvalue weighted by atomic mass is 9.73. The van der Waals surface area contributed by atoms with E-state index in [4.69, 9.17) is 43.9 Å². The number of nitrogens with one attached hydrogen (secondary N) is 2. The Balaban J connectivity index is 0.000000230. The molecule has 17 heteroatoms. The predicted octanol–water partition coefficient (Wildman–Crippen LogP) is 6.39. The molecule has 340 valence electrons. The first-order chi connectivity index (χ1) is 30.7. The number of carbonyl (C=O) groups excluding carboxylic acids is 5. The largest absolute Gasteiger partial charge is 0.486 e. The van der Waals surface area contributed by atoms with E-state index in [0.29, 0.717) is 73.8 Å². The van der Waals surface area contributed by atoms with Crippen LogP contribution in [0.25, 0.3) is 0 Å². The number of hydrogen-bond donors (Lipinski definition) is 3. The van der Waals surface area contributed by atoms with E-state index in [0.717, 1.165) is 82.6 Å². The summed E-state index contributed by atoms with van der Waals surface area (Å²) in [7, 11) is 5.30. The van der Waals surface area contributed by atoms with Gasteiger partial charge in [0.05, 0.1) is 27.4 Å². The first-order valence-corrected chi connectivity index (χ1v) is 21.9. The van der Waals surface area contributed by atoms with E-state index in [9.17, 15) is 19.2 Å². The van der Waals surface area contributed by atoms with Gasteiger partial charge in [0.15, 0.2) is 6.29 Å². The van der Waals surface area contributed by atoms with Gasteiger partial charge in [0, 0.05) is 117 Å². The summed E-state index contributed by atoms with van der Waals surface area (Å²) < 4.78 is 6.09. The molecule has 3 aliphatic rings. The third-order valence-electron chi connectivity index (χ3n) is 11.7. The number of likely N-dealkylation sites (tertiary alicyclic amines) is 1. The molecule has 4 aromatic rings. The normalized spacial score (nSPS) is 16.2. The Morgan fingerprint density at radius 2 is 1.66 bits per heavy atom. The zero-order chi connectivity index (χ0) is 46.6. The van der Waals surface area contributed by atoms with E-state index >= 15 is 0 Å². The second kappa shape index (κ2) is 22.6. The molecule has 3 aliphatic heterocycles. The van der Waals surface area contributed by atoms with E-state index in [1.807, 2.05) is 32.0 Å².